The molecule has 0 aliphatic rings. The first-order valence-corrected chi connectivity index (χ1v) is 7.77. The van der Waals surface area contributed by atoms with E-state index in [0.717, 1.165) is 22.2 Å². The highest BCUT2D eigenvalue weighted by molar-refractivity contribution is 9.10. The van der Waals surface area contributed by atoms with Crippen LogP contribution in [0.4, 0.5) is 15.9 Å². The normalized spacial score (nSPS) is 11.3. The van der Waals surface area contributed by atoms with Crippen molar-refractivity contribution >= 4 is 37.5 Å². The van der Waals surface area contributed by atoms with Crippen LogP contribution >= 0.6 is 15.9 Å². The average molecular weight is 360 g/mol. The molecule has 8 heteroatoms. The molecule has 0 fully saturated rings. The van der Waals surface area contributed by atoms with Crippen LogP contribution < -0.4 is 10.5 Å². The number of nitrogens with zero attached hydrogens (tertiary/aromatic N) is 1. The molecule has 0 radical (unpaired) electrons. The van der Waals surface area contributed by atoms with E-state index in [-0.39, 0.29) is 11.5 Å². The van der Waals surface area contributed by atoms with E-state index >= 15 is 0 Å². The maximum absolute atomic E-state index is 13.7. The van der Waals surface area contributed by atoms with Crippen molar-refractivity contribution in [1.82, 2.24) is 4.98 Å². The summed E-state index contributed by atoms with van der Waals surface area (Å²) in [5, 5.41) is 0. The van der Waals surface area contributed by atoms with Gasteiger partial charge in [0.25, 0.3) is 10.0 Å². The van der Waals surface area contributed by atoms with Crippen molar-refractivity contribution in [3.05, 3.63) is 46.3 Å². The standard InChI is InChI=1S/C12H11BrFN3O2S/c1-7-4-12(16-6-9(7)13)17-20(18,19)11-3-2-8(15)5-10(11)14/h2-6H,15H2,1H3,(H,16,17). The van der Waals surface area contributed by atoms with Gasteiger partial charge in [-0.05, 0) is 52.7 Å². The number of nitrogen functional groups attached to an aromatic ring is 1. The predicted octanol–water partition coefficient (Wildman–Crippen LogP) is 2.67. The number of benzene rings is 1. The van der Waals surface area contributed by atoms with Gasteiger partial charge in [-0.2, -0.15) is 0 Å². The number of aromatic nitrogens is 1. The lowest BCUT2D eigenvalue weighted by Crippen LogP contribution is -2.15. The van der Waals surface area contributed by atoms with Gasteiger partial charge in [0.1, 0.15) is 16.5 Å². The zero-order chi connectivity index (χ0) is 14.9. The number of sulfonamides is 1. The van der Waals surface area contributed by atoms with Crippen LogP contribution in [0.15, 0.2) is 39.8 Å². The molecule has 20 heavy (non-hydrogen) atoms. The number of hydrogen-bond donors (Lipinski definition) is 2. The number of pyridine rings is 1. The predicted molar refractivity (Wildman–Crippen MR) is 78.3 cm³/mol. The summed E-state index contributed by atoms with van der Waals surface area (Å²) in [5.74, 6) is -0.798. The fourth-order valence-electron chi connectivity index (χ4n) is 1.52. The molecule has 0 unspecified atom stereocenters. The van der Waals surface area contributed by atoms with E-state index in [1.54, 1.807) is 6.92 Å². The van der Waals surface area contributed by atoms with Crippen LogP contribution in [0.1, 0.15) is 5.56 Å². The van der Waals surface area contributed by atoms with Crippen molar-refractivity contribution in [3.63, 3.8) is 0 Å². The number of rotatable bonds is 3. The van der Waals surface area contributed by atoms with Crippen LogP contribution in [0.25, 0.3) is 0 Å². The zero-order valence-electron chi connectivity index (χ0n) is 10.4. The molecule has 1 aromatic heterocycles. The Morgan fingerprint density at radius 2 is 2.05 bits per heavy atom. The van der Waals surface area contributed by atoms with Gasteiger partial charge in [0.2, 0.25) is 0 Å². The minimum atomic E-state index is -4.05. The topological polar surface area (TPSA) is 85.1 Å². The Hall–Kier alpha value is -1.67. The van der Waals surface area contributed by atoms with Gasteiger partial charge in [0.05, 0.1) is 0 Å². The lowest BCUT2D eigenvalue weighted by molar-refractivity contribution is 0.570. The van der Waals surface area contributed by atoms with E-state index in [1.165, 1.54) is 18.3 Å². The molecule has 1 heterocycles. The molecule has 0 amide bonds. The zero-order valence-corrected chi connectivity index (χ0v) is 12.8. The number of hydrogen-bond acceptors (Lipinski definition) is 4. The summed E-state index contributed by atoms with van der Waals surface area (Å²) in [4.78, 5) is 3.44. The molecule has 0 aliphatic carbocycles. The van der Waals surface area contributed by atoms with E-state index < -0.39 is 20.7 Å². The highest BCUT2D eigenvalue weighted by Crippen LogP contribution is 2.22. The molecule has 0 bridgehead atoms. The van der Waals surface area contributed by atoms with Crippen molar-refractivity contribution in [3.8, 4) is 0 Å². The molecule has 1 aromatic carbocycles. The Kier molecular flexibility index (Phi) is 3.96. The van der Waals surface area contributed by atoms with Gasteiger partial charge in [-0.1, -0.05) is 0 Å². The van der Waals surface area contributed by atoms with E-state index in [9.17, 15) is 12.8 Å². The minimum absolute atomic E-state index is 0.113. The number of halogens is 2. The van der Waals surface area contributed by atoms with Crippen molar-refractivity contribution in [2.75, 3.05) is 10.5 Å². The van der Waals surface area contributed by atoms with Gasteiger partial charge in [0.15, 0.2) is 0 Å². The fraction of sp³-hybridized carbons (Fsp3) is 0.0833. The second-order valence-corrected chi connectivity index (χ2v) is 6.62. The van der Waals surface area contributed by atoms with Crippen LogP contribution in [-0.2, 0) is 10.0 Å². The lowest BCUT2D eigenvalue weighted by atomic mass is 10.3. The molecule has 5 nitrogen and oxygen atoms in total. The molecular weight excluding hydrogens is 349 g/mol. The molecule has 2 aromatic rings. The molecule has 3 N–H and O–H groups in total. The minimum Gasteiger partial charge on any atom is -0.399 e. The summed E-state index contributed by atoms with van der Waals surface area (Å²) >= 11 is 3.26. The molecule has 0 aliphatic heterocycles. The van der Waals surface area contributed by atoms with E-state index in [0.29, 0.717) is 0 Å². The molecule has 0 atom stereocenters. The SMILES string of the molecule is Cc1cc(NS(=O)(=O)c2ccc(N)cc2F)ncc1Br. The Morgan fingerprint density at radius 3 is 2.65 bits per heavy atom. The molecule has 0 saturated heterocycles. The molecular formula is C12H11BrFN3O2S. The van der Waals surface area contributed by atoms with Gasteiger partial charge in [-0.25, -0.2) is 17.8 Å². The summed E-state index contributed by atoms with van der Waals surface area (Å²) in [6, 6.07) is 4.92. The van der Waals surface area contributed by atoms with Crippen molar-refractivity contribution in [1.29, 1.82) is 0 Å². The quantitative estimate of drug-likeness (QED) is 0.825. The van der Waals surface area contributed by atoms with Crippen LogP contribution in [0.5, 0.6) is 0 Å². The van der Waals surface area contributed by atoms with E-state index in [2.05, 4.69) is 25.6 Å². The third kappa shape index (κ3) is 3.07. The first kappa shape index (κ1) is 14.7. The second-order valence-electron chi connectivity index (χ2n) is 4.11. The smallest absolute Gasteiger partial charge is 0.265 e. The number of anilines is 2. The fourth-order valence-corrected chi connectivity index (χ4v) is 2.80. The van der Waals surface area contributed by atoms with Crippen LogP contribution in [0.2, 0.25) is 0 Å². The van der Waals surface area contributed by atoms with E-state index in [4.69, 9.17) is 5.73 Å². The van der Waals surface area contributed by atoms with Gasteiger partial charge in [0, 0.05) is 16.4 Å². The van der Waals surface area contributed by atoms with Gasteiger partial charge in [-0.15, -0.1) is 0 Å². The number of nitrogens with one attached hydrogen (secondary N) is 1. The summed E-state index contributed by atoms with van der Waals surface area (Å²) in [7, 11) is -4.05. The maximum Gasteiger partial charge on any atom is 0.265 e. The molecule has 2 rings (SSSR count). The third-order valence-corrected chi connectivity index (χ3v) is 4.75. The number of nitrogens with two attached hydrogens (primary N) is 1. The summed E-state index contributed by atoms with van der Waals surface area (Å²) in [5.41, 5.74) is 6.34. The van der Waals surface area contributed by atoms with Gasteiger partial charge in [-0.3, -0.25) is 4.72 Å². The Morgan fingerprint density at radius 1 is 1.35 bits per heavy atom. The van der Waals surface area contributed by atoms with Crippen molar-refractivity contribution in [2.24, 2.45) is 0 Å². The Balaban J connectivity index is 2.38. The molecule has 0 spiro atoms. The van der Waals surface area contributed by atoms with Gasteiger partial charge < -0.3 is 5.73 Å². The Bertz CT molecular complexity index is 765. The third-order valence-electron chi connectivity index (χ3n) is 2.53. The number of aryl methyl sites for hydroxylation is 1. The van der Waals surface area contributed by atoms with Crippen LogP contribution in [-0.4, -0.2) is 13.4 Å². The summed E-state index contributed by atoms with van der Waals surface area (Å²) < 4.78 is 40.8. The van der Waals surface area contributed by atoms with Crippen LogP contribution in [0.3, 0.4) is 0 Å². The van der Waals surface area contributed by atoms with Gasteiger partial charge >= 0.3 is 0 Å². The Labute approximate surface area is 124 Å². The summed E-state index contributed by atoms with van der Waals surface area (Å²) in [6.45, 7) is 1.79. The highest BCUT2D eigenvalue weighted by Gasteiger charge is 2.20. The highest BCUT2D eigenvalue weighted by atomic mass is 79.9. The van der Waals surface area contributed by atoms with Crippen molar-refractivity contribution < 1.29 is 12.8 Å². The molecule has 106 valence electrons. The summed E-state index contributed by atoms with van der Waals surface area (Å²) in [6.07, 6.45) is 1.46. The second kappa shape index (κ2) is 5.37. The largest absolute Gasteiger partial charge is 0.399 e. The van der Waals surface area contributed by atoms with E-state index in [1.807, 2.05) is 0 Å². The monoisotopic (exact) mass is 359 g/mol. The average Bonchev–Trinajstić information content (AvgIpc) is 2.33. The van der Waals surface area contributed by atoms with Crippen molar-refractivity contribution in [2.45, 2.75) is 11.8 Å². The lowest BCUT2D eigenvalue weighted by Gasteiger charge is -2.09. The molecule has 0 saturated carbocycles. The van der Waals surface area contributed by atoms with Crippen LogP contribution in [0, 0.1) is 12.7 Å². The maximum atomic E-state index is 13.7. The first-order chi connectivity index (χ1) is 9.29. The first-order valence-electron chi connectivity index (χ1n) is 5.49.